The number of carbonyl (C=O) groups excluding carboxylic acids is 1. The van der Waals surface area contributed by atoms with E-state index in [1.54, 1.807) is 26.2 Å². The normalized spacial score (nSPS) is 9.87. The summed E-state index contributed by atoms with van der Waals surface area (Å²) >= 11 is 0. The van der Waals surface area contributed by atoms with Gasteiger partial charge in [0.25, 0.3) is 0 Å². The molecule has 0 aliphatic carbocycles. The largest absolute Gasteiger partial charge is 0.330 e. The SMILES string of the molecule is CCN(C(=O)N(C)C)c1cccc(F)c1. The molecular formula is C11H15FN2O. The number of carbonyl (C=O) groups is 1. The fourth-order valence-corrected chi connectivity index (χ4v) is 1.31. The number of benzene rings is 1. The Kier molecular flexibility index (Phi) is 3.66. The van der Waals surface area contributed by atoms with Crippen molar-refractivity contribution in [3.05, 3.63) is 30.1 Å². The number of urea groups is 1. The first-order chi connectivity index (χ1) is 7.06. The summed E-state index contributed by atoms with van der Waals surface area (Å²) in [6.45, 7) is 2.37. The van der Waals surface area contributed by atoms with E-state index in [0.717, 1.165) is 0 Å². The molecule has 3 nitrogen and oxygen atoms in total. The van der Waals surface area contributed by atoms with Crippen molar-refractivity contribution in [3.8, 4) is 0 Å². The molecule has 0 aliphatic heterocycles. The molecule has 15 heavy (non-hydrogen) atoms. The topological polar surface area (TPSA) is 23.6 Å². The van der Waals surface area contributed by atoms with Crippen LogP contribution in [0.2, 0.25) is 0 Å². The Morgan fingerprint density at radius 3 is 2.53 bits per heavy atom. The second-order valence-electron chi connectivity index (χ2n) is 3.40. The van der Waals surface area contributed by atoms with Crippen molar-refractivity contribution >= 4 is 11.7 Å². The second kappa shape index (κ2) is 4.77. The fraction of sp³-hybridized carbons (Fsp3) is 0.364. The van der Waals surface area contributed by atoms with E-state index in [2.05, 4.69) is 0 Å². The maximum Gasteiger partial charge on any atom is 0.323 e. The minimum absolute atomic E-state index is 0.150. The quantitative estimate of drug-likeness (QED) is 0.735. The molecule has 82 valence electrons. The van der Waals surface area contributed by atoms with Crippen molar-refractivity contribution in [1.29, 1.82) is 0 Å². The first kappa shape index (κ1) is 11.5. The van der Waals surface area contributed by atoms with E-state index in [0.29, 0.717) is 12.2 Å². The molecule has 0 aliphatic rings. The van der Waals surface area contributed by atoms with Gasteiger partial charge in [0.05, 0.1) is 0 Å². The second-order valence-corrected chi connectivity index (χ2v) is 3.40. The van der Waals surface area contributed by atoms with Crippen LogP contribution in [0.15, 0.2) is 24.3 Å². The summed E-state index contributed by atoms with van der Waals surface area (Å²) in [5.41, 5.74) is 0.580. The highest BCUT2D eigenvalue weighted by Crippen LogP contribution is 2.16. The van der Waals surface area contributed by atoms with Gasteiger partial charge >= 0.3 is 6.03 Å². The maximum absolute atomic E-state index is 13.0. The van der Waals surface area contributed by atoms with Gasteiger partial charge in [-0.25, -0.2) is 9.18 Å². The van der Waals surface area contributed by atoms with Crippen LogP contribution >= 0.6 is 0 Å². The van der Waals surface area contributed by atoms with Crippen molar-refractivity contribution in [2.75, 3.05) is 25.5 Å². The molecule has 0 bridgehead atoms. The van der Waals surface area contributed by atoms with Crippen LogP contribution in [0.3, 0.4) is 0 Å². The molecule has 0 fully saturated rings. The number of rotatable bonds is 2. The Bertz CT molecular complexity index is 352. The van der Waals surface area contributed by atoms with Gasteiger partial charge < -0.3 is 4.90 Å². The Labute approximate surface area is 89.1 Å². The lowest BCUT2D eigenvalue weighted by atomic mass is 10.3. The number of hydrogen-bond donors (Lipinski definition) is 0. The molecule has 1 aromatic carbocycles. The Hall–Kier alpha value is -1.58. The minimum Gasteiger partial charge on any atom is -0.330 e. The molecule has 0 spiro atoms. The highest BCUT2D eigenvalue weighted by atomic mass is 19.1. The molecule has 1 rings (SSSR count). The summed E-state index contributed by atoms with van der Waals surface area (Å²) in [5.74, 6) is -0.336. The van der Waals surface area contributed by atoms with E-state index in [-0.39, 0.29) is 11.8 Å². The fourth-order valence-electron chi connectivity index (χ4n) is 1.31. The highest BCUT2D eigenvalue weighted by molar-refractivity contribution is 5.91. The average molecular weight is 210 g/mol. The molecule has 4 heteroatoms. The molecule has 0 saturated carbocycles. The number of anilines is 1. The molecule has 2 amide bonds. The molecule has 0 saturated heterocycles. The predicted octanol–water partition coefficient (Wildman–Crippen LogP) is 2.33. The van der Waals surface area contributed by atoms with Crippen LogP contribution in [-0.2, 0) is 0 Å². The third kappa shape index (κ3) is 2.68. The van der Waals surface area contributed by atoms with E-state index < -0.39 is 0 Å². The van der Waals surface area contributed by atoms with Crippen LogP contribution in [0.4, 0.5) is 14.9 Å². The molecule has 0 radical (unpaired) electrons. The van der Waals surface area contributed by atoms with Gasteiger partial charge in [0.15, 0.2) is 0 Å². The molecule has 1 aromatic rings. The van der Waals surface area contributed by atoms with E-state index in [1.807, 2.05) is 6.92 Å². The molecule has 0 heterocycles. The first-order valence-electron chi connectivity index (χ1n) is 4.80. The van der Waals surface area contributed by atoms with Crippen molar-refractivity contribution in [2.45, 2.75) is 6.92 Å². The third-order valence-electron chi connectivity index (χ3n) is 2.05. The molecule has 0 aromatic heterocycles. The lowest BCUT2D eigenvalue weighted by Crippen LogP contribution is -2.39. The van der Waals surface area contributed by atoms with Gasteiger partial charge in [-0.05, 0) is 25.1 Å². The first-order valence-corrected chi connectivity index (χ1v) is 4.80. The summed E-state index contributed by atoms with van der Waals surface area (Å²) in [7, 11) is 3.34. The number of halogens is 1. The van der Waals surface area contributed by atoms with Gasteiger partial charge in [-0.1, -0.05) is 6.07 Å². The zero-order valence-electron chi connectivity index (χ0n) is 9.20. The molecule has 0 N–H and O–H groups in total. The van der Waals surface area contributed by atoms with Gasteiger partial charge in [0.2, 0.25) is 0 Å². The van der Waals surface area contributed by atoms with Gasteiger partial charge in [-0.2, -0.15) is 0 Å². The van der Waals surface area contributed by atoms with Gasteiger partial charge in [-0.3, -0.25) is 4.90 Å². The van der Waals surface area contributed by atoms with Crippen molar-refractivity contribution in [2.24, 2.45) is 0 Å². The average Bonchev–Trinajstić information content (AvgIpc) is 2.18. The zero-order chi connectivity index (χ0) is 11.4. The van der Waals surface area contributed by atoms with Crippen LogP contribution in [0.25, 0.3) is 0 Å². The van der Waals surface area contributed by atoms with Crippen molar-refractivity contribution in [1.82, 2.24) is 4.90 Å². The lowest BCUT2D eigenvalue weighted by Gasteiger charge is -2.24. The summed E-state index contributed by atoms with van der Waals surface area (Å²) in [5, 5.41) is 0. The van der Waals surface area contributed by atoms with Gasteiger partial charge in [0, 0.05) is 26.3 Å². The Morgan fingerprint density at radius 1 is 1.40 bits per heavy atom. The van der Waals surface area contributed by atoms with E-state index in [1.165, 1.54) is 21.9 Å². The smallest absolute Gasteiger partial charge is 0.323 e. The maximum atomic E-state index is 13.0. The van der Waals surface area contributed by atoms with Crippen LogP contribution in [0.5, 0.6) is 0 Å². The van der Waals surface area contributed by atoms with Crippen LogP contribution in [0.1, 0.15) is 6.92 Å². The summed E-state index contributed by atoms with van der Waals surface area (Å²) in [6, 6.07) is 5.87. The predicted molar refractivity (Wildman–Crippen MR) is 58.5 cm³/mol. The lowest BCUT2D eigenvalue weighted by molar-refractivity contribution is 0.224. The third-order valence-corrected chi connectivity index (χ3v) is 2.05. The van der Waals surface area contributed by atoms with Gasteiger partial charge in [-0.15, -0.1) is 0 Å². The molecule has 0 unspecified atom stereocenters. The Morgan fingerprint density at radius 2 is 2.07 bits per heavy atom. The number of nitrogens with zero attached hydrogens (tertiary/aromatic N) is 2. The standard InChI is InChI=1S/C11H15FN2O/c1-4-14(11(15)13(2)3)10-7-5-6-9(12)8-10/h5-8H,4H2,1-3H3. The van der Waals surface area contributed by atoms with Crippen LogP contribution in [0, 0.1) is 5.82 Å². The van der Waals surface area contributed by atoms with E-state index >= 15 is 0 Å². The number of hydrogen-bond acceptors (Lipinski definition) is 1. The van der Waals surface area contributed by atoms with Crippen LogP contribution in [-0.4, -0.2) is 31.6 Å². The summed E-state index contributed by atoms with van der Waals surface area (Å²) in [4.78, 5) is 14.7. The number of amides is 2. The molecular weight excluding hydrogens is 195 g/mol. The van der Waals surface area contributed by atoms with Crippen LogP contribution < -0.4 is 4.90 Å². The summed E-state index contributed by atoms with van der Waals surface area (Å²) < 4.78 is 13.0. The monoisotopic (exact) mass is 210 g/mol. The summed E-state index contributed by atoms with van der Waals surface area (Å²) in [6.07, 6.45) is 0. The van der Waals surface area contributed by atoms with Crippen molar-refractivity contribution < 1.29 is 9.18 Å². The van der Waals surface area contributed by atoms with Crippen molar-refractivity contribution in [3.63, 3.8) is 0 Å². The minimum atomic E-state index is -0.336. The zero-order valence-corrected chi connectivity index (χ0v) is 9.20. The van der Waals surface area contributed by atoms with Gasteiger partial charge in [0.1, 0.15) is 5.82 Å². The van der Waals surface area contributed by atoms with E-state index in [9.17, 15) is 9.18 Å². The van der Waals surface area contributed by atoms with E-state index in [4.69, 9.17) is 0 Å². The molecule has 0 atom stereocenters. The highest BCUT2D eigenvalue weighted by Gasteiger charge is 2.15. The Balaban J connectivity index is 2.97.